The fourth-order valence-electron chi connectivity index (χ4n) is 2.47. The first-order valence-corrected chi connectivity index (χ1v) is 6.37. The maximum Gasteiger partial charge on any atom is 0.193 e. The molecule has 1 aromatic heterocycles. The van der Waals surface area contributed by atoms with Gasteiger partial charge >= 0.3 is 0 Å². The lowest BCUT2D eigenvalue weighted by Crippen LogP contribution is -2.21. The van der Waals surface area contributed by atoms with Gasteiger partial charge in [0.1, 0.15) is 11.3 Å². The first-order valence-electron chi connectivity index (χ1n) is 6.37. The summed E-state index contributed by atoms with van der Waals surface area (Å²) < 4.78 is 5.54. The van der Waals surface area contributed by atoms with E-state index in [4.69, 9.17) is 10.2 Å². The van der Waals surface area contributed by atoms with Gasteiger partial charge in [-0.25, -0.2) is 0 Å². The van der Waals surface area contributed by atoms with E-state index >= 15 is 0 Å². The van der Waals surface area contributed by atoms with Gasteiger partial charge in [0.05, 0.1) is 18.0 Å². The number of aliphatic hydroxyl groups is 1. The minimum Gasteiger partial charge on any atom is -0.459 e. The second-order valence-electron chi connectivity index (χ2n) is 4.85. The lowest BCUT2D eigenvalue weighted by atomic mass is 10.2. The van der Waals surface area contributed by atoms with Crippen LogP contribution in [0.3, 0.4) is 0 Å². The van der Waals surface area contributed by atoms with E-state index in [2.05, 4.69) is 4.90 Å². The van der Waals surface area contributed by atoms with Gasteiger partial charge in [0.2, 0.25) is 0 Å². The average molecular weight is 260 g/mol. The lowest BCUT2D eigenvalue weighted by molar-refractivity contribution is 0.198. The van der Waals surface area contributed by atoms with E-state index in [9.17, 15) is 9.90 Å². The Bertz CT molecular complexity index is 665. The summed E-state index contributed by atoms with van der Waals surface area (Å²) in [6.45, 7) is 1.63. The Labute approximate surface area is 110 Å². The molecule has 19 heavy (non-hydrogen) atoms. The van der Waals surface area contributed by atoms with Crippen molar-refractivity contribution >= 4 is 16.7 Å². The summed E-state index contributed by atoms with van der Waals surface area (Å²) in [4.78, 5) is 14.1. The van der Waals surface area contributed by atoms with Crippen molar-refractivity contribution in [1.29, 1.82) is 0 Å². The molecule has 1 aromatic carbocycles. The number of aliphatic hydroxyl groups excluding tert-OH is 1. The molecule has 1 saturated heterocycles. The first-order chi connectivity index (χ1) is 9.17. The Morgan fingerprint density at radius 2 is 2.26 bits per heavy atom. The zero-order valence-electron chi connectivity index (χ0n) is 10.5. The molecule has 2 heterocycles. The molecule has 1 unspecified atom stereocenters. The van der Waals surface area contributed by atoms with Crippen molar-refractivity contribution in [3.05, 3.63) is 40.2 Å². The Hall–Kier alpha value is -1.85. The number of hydrogen-bond donors (Lipinski definition) is 2. The maximum absolute atomic E-state index is 12.0. The Kier molecular flexibility index (Phi) is 3.00. The van der Waals surface area contributed by atoms with Crippen molar-refractivity contribution < 1.29 is 9.52 Å². The quantitative estimate of drug-likeness (QED) is 0.835. The predicted molar refractivity (Wildman–Crippen MR) is 73.2 cm³/mol. The highest BCUT2D eigenvalue weighted by atomic mass is 16.3. The number of anilines is 1. The molecule has 5 nitrogen and oxygen atoms in total. The molecule has 1 aliphatic rings. The molecule has 1 fully saturated rings. The van der Waals surface area contributed by atoms with Crippen molar-refractivity contribution in [2.24, 2.45) is 5.73 Å². The molecule has 0 aliphatic carbocycles. The third-order valence-corrected chi connectivity index (χ3v) is 3.49. The van der Waals surface area contributed by atoms with Gasteiger partial charge in [-0.05, 0) is 24.6 Å². The summed E-state index contributed by atoms with van der Waals surface area (Å²) in [5.41, 5.74) is 6.90. The molecule has 3 N–H and O–H groups in total. The molecule has 0 amide bonds. The van der Waals surface area contributed by atoms with Crippen LogP contribution in [0.25, 0.3) is 11.0 Å². The van der Waals surface area contributed by atoms with Crippen LogP contribution in [0.1, 0.15) is 12.2 Å². The van der Waals surface area contributed by atoms with Gasteiger partial charge in [0.15, 0.2) is 5.43 Å². The highest BCUT2D eigenvalue weighted by Crippen LogP contribution is 2.24. The normalized spacial score (nSPS) is 19.3. The van der Waals surface area contributed by atoms with Crippen LogP contribution in [0.4, 0.5) is 5.69 Å². The number of rotatable bonds is 2. The van der Waals surface area contributed by atoms with Crippen LogP contribution in [0.5, 0.6) is 0 Å². The lowest BCUT2D eigenvalue weighted by Gasteiger charge is -2.18. The van der Waals surface area contributed by atoms with Gasteiger partial charge < -0.3 is 20.2 Å². The van der Waals surface area contributed by atoms with Crippen LogP contribution in [-0.4, -0.2) is 24.3 Å². The van der Waals surface area contributed by atoms with Gasteiger partial charge in [-0.3, -0.25) is 4.79 Å². The third-order valence-electron chi connectivity index (χ3n) is 3.49. The van der Waals surface area contributed by atoms with Gasteiger partial charge in [-0.15, -0.1) is 0 Å². The fourth-order valence-corrected chi connectivity index (χ4v) is 2.47. The van der Waals surface area contributed by atoms with Gasteiger partial charge in [-0.1, -0.05) is 0 Å². The minimum absolute atomic E-state index is 0.0803. The van der Waals surface area contributed by atoms with Crippen LogP contribution in [0.15, 0.2) is 33.5 Å². The van der Waals surface area contributed by atoms with Gasteiger partial charge in [-0.2, -0.15) is 0 Å². The molecule has 1 aliphatic heterocycles. The van der Waals surface area contributed by atoms with E-state index < -0.39 is 0 Å². The van der Waals surface area contributed by atoms with Crippen molar-refractivity contribution in [1.82, 2.24) is 0 Å². The maximum atomic E-state index is 12.0. The van der Waals surface area contributed by atoms with Crippen LogP contribution in [0, 0.1) is 0 Å². The summed E-state index contributed by atoms with van der Waals surface area (Å²) >= 11 is 0. The smallest absolute Gasteiger partial charge is 0.193 e. The summed E-state index contributed by atoms with van der Waals surface area (Å²) in [6, 6.07) is 6.95. The zero-order chi connectivity index (χ0) is 13.4. The monoisotopic (exact) mass is 260 g/mol. The number of benzene rings is 1. The molecule has 5 heteroatoms. The average Bonchev–Trinajstić information content (AvgIpc) is 2.85. The number of nitrogens with zero attached hydrogens (tertiary/aromatic N) is 1. The third kappa shape index (κ3) is 2.22. The van der Waals surface area contributed by atoms with Crippen molar-refractivity contribution in [3.8, 4) is 0 Å². The molecule has 0 spiro atoms. The predicted octanol–water partition coefficient (Wildman–Crippen LogP) is 0.823. The molecule has 3 rings (SSSR count). The number of fused-ring (bicyclic) bond motifs is 1. The minimum atomic E-state index is -0.285. The molecule has 1 atom stereocenters. The molecule has 0 saturated carbocycles. The van der Waals surface area contributed by atoms with Crippen LogP contribution in [0.2, 0.25) is 0 Å². The zero-order valence-corrected chi connectivity index (χ0v) is 10.5. The second kappa shape index (κ2) is 4.68. The van der Waals surface area contributed by atoms with E-state index in [0.717, 1.165) is 18.7 Å². The van der Waals surface area contributed by atoms with E-state index in [-0.39, 0.29) is 18.1 Å². The number of hydrogen-bond acceptors (Lipinski definition) is 5. The van der Waals surface area contributed by atoms with E-state index in [0.29, 0.717) is 23.3 Å². The SMILES string of the molecule is NCc1cc(=O)c2cc(N3CCC(O)C3)ccc2o1. The molecule has 0 radical (unpaired) electrons. The summed E-state index contributed by atoms with van der Waals surface area (Å²) in [7, 11) is 0. The largest absolute Gasteiger partial charge is 0.459 e. The van der Waals surface area contributed by atoms with E-state index in [1.54, 1.807) is 6.07 Å². The van der Waals surface area contributed by atoms with Gasteiger partial charge in [0, 0.05) is 24.8 Å². The Morgan fingerprint density at radius 1 is 1.42 bits per heavy atom. The highest BCUT2D eigenvalue weighted by molar-refractivity contribution is 5.81. The van der Waals surface area contributed by atoms with Crippen molar-refractivity contribution in [3.63, 3.8) is 0 Å². The van der Waals surface area contributed by atoms with Crippen LogP contribution >= 0.6 is 0 Å². The van der Waals surface area contributed by atoms with E-state index in [1.165, 1.54) is 6.07 Å². The van der Waals surface area contributed by atoms with Crippen molar-refractivity contribution in [2.45, 2.75) is 19.1 Å². The second-order valence-corrected chi connectivity index (χ2v) is 4.85. The summed E-state index contributed by atoms with van der Waals surface area (Å²) in [5, 5.41) is 10.1. The Morgan fingerprint density at radius 3 is 2.95 bits per heavy atom. The fraction of sp³-hybridized carbons (Fsp3) is 0.357. The Balaban J connectivity index is 2.06. The van der Waals surface area contributed by atoms with Gasteiger partial charge in [0.25, 0.3) is 0 Å². The number of β-amino-alcohol motifs (C(OH)–C–C–N with tert-alkyl or cyclic N) is 1. The molecular weight excluding hydrogens is 244 g/mol. The topological polar surface area (TPSA) is 79.7 Å². The molecule has 0 bridgehead atoms. The summed E-state index contributed by atoms with van der Waals surface area (Å²) in [6.07, 6.45) is 0.477. The standard InChI is InChI=1S/C14H16N2O3/c15-7-11-6-13(18)12-5-9(1-2-14(12)19-11)16-4-3-10(17)8-16/h1-2,5-6,10,17H,3-4,7-8,15H2. The van der Waals surface area contributed by atoms with E-state index in [1.807, 2.05) is 12.1 Å². The highest BCUT2D eigenvalue weighted by Gasteiger charge is 2.20. The molecule has 100 valence electrons. The van der Waals surface area contributed by atoms with Crippen molar-refractivity contribution in [2.75, 3.05) is 18.0 Å². The first kappa shape index (κ1) is 12.2. The number of nitrogens with two attached hydrogens (primary N) is 1. The summed E-state index contributed by atoms with van der Waals surface area (Å²) in [5.74, 6) is 0.488. The molecular formula is C14H16N2O3. The molecule has 2 aromatic rings. The van der Waals surface area contributed by atoms with Crippen LogP contribution in [-0.2, 0) is 6.54 Å². The van der Waals surface area contributed by atoms with Crippen LogP contribution < -0.4 is 16.1 Å².